The molecule has 0 aromatic heterocycles. The number of carbonyl (C=O) groups is 4. The molecule has 0 radical (unpaired) electrons. The van der Waals surface area contributed by atoms with Gasteiger partial charge in [0.15, 0.2) is 0 Å². The van der Waals surface area contributed by atoms with Crippen LogP contribution in [0.15, 0.2) is 30.3 Å². The third kappa shape index (κ3) is 10.7. The standard InChI is InChI=1S/C20H28N2O7/c1-3-28-18(24)10-7-13-21-17(23)12-11-16(19(25)27-2)22-20(26)29-14-15-8-5-4-6-9-15/h4-6,8-9,16H,3,7,10-14H2,1-2H3,(H,21,23)(H,22,26)/t16-/m0/s1. The van der Waals surface area contributed by atoms with Crippen LogP contribution < -0.4 is 10.6 Å². The lowest BCUT2D eigenvalue weighted by molar-refractivity contribution is -0.144. The van der Waals surface area contributed by atoms with E-state index in [2.05, 4.69) is 15.4 Å². The fourth-order valence-electron chi connectivity index (χ4n) is 2.36. The highest BCUT2D eigenvalue weighted by atomic mass is 16.6. The van der Waals surface area contributed by atoms with Crippen molar-refractivity contribution in [1.82, 2.24) is 10.6 Å². The summed E-state index contributed by atoms with van der Waals surface area (Å²) < 4.78 is 14.5. The molecule has 2 N–H and O–H groups in total. The molecule has 0 saturated heterocycles. The maximum absolute atomic E-state index is 11.9. The summed E-state index contributed by atoms with van der Waals surface area (Å²) in [6.45, 7) is 2.42. The largest absolute Gasteiger partial charge is 0.467 e. The van der Waals surface area contributed by atoms with Gasteiger partial charge in [-0.05, 0) is 25.3 Å². The van der Waals surface area contributed by atoms with Crippen LogP contribution in [0.2, 0.25) is 0 Å². The van der Waals surface area contributed by atoms with Crippen LogP contribution in [0.25, 0.3) is 0 Å². The summed E-state index contributed by atoms with van der Waals surface area (Å²) in [5.41, 5.74) is 0.805. The topological polar surface area (TPSA) is 120 Å². The maximum Gasteiger partial charge on any atom is 0.408 e. The number of amides is 2. The Labute approximate surface area is 170 Å². The van der Waals surface area contributed by atoms with E-state index in [1.807, 2.05) is 18.2 Å². The number of carbonyl (C=O) groups excluding carboxylic acids is 4. The molecule has 0 saturated carbocycles. The van der Waals surface area contributed by atoms with Gasteiger partial charge in [-0.25, -0.2) is 9.59 Å². The van der Waals surface area contributed by atoms with Crippen LogP contribution in [0, 0.1) is 0 Å². The third-order valence-electron chi connectivity index (χ3n) is 3.84. The van der Waals surface area contributed by atoms with Crippen molar-refractivity contribution in [3.8, 4) is 0 Å². The van der Waals surface area contributed by atoms with Gasteiger partial charge in [0.2, 0.25) is 5.91 Å². The molecule has 160 valence electrons. The first-order valence-corrected chi connectivity index (χ1v) is 9.43. The van der Waals surface area contributed by atoms with Crippen molar-refractivity contribution in [1.29, 1.82) is 0 Å². The Morgan fingerprint density at radius 1 is 1.03 bits per heavy atom. The maximum atomic E-state index is 11.9. The Morgan fingerprint density at radius 2 is 1.76 bits per heavy atom. The Hall–Kier alpha value is -3.10. The minimum atomic E-state index is -1.01. The molecule has 0 spiro atoms. The second-order valence-corrected chi connectivity index (χ2v) is 6.08. The zero-order chi connectivity index (χ0) is 21.5. The van der Waals surface area contributed by atoms with Gasteiger partial charge in [-0.1, -0.05) is 30.3 Å². The van der Waals surface area contributed by atoms with Crippen LogP contribution in [0.5, 0.6) is 0 Å². The molecule has 0 aliphatic heterocycles. The highest BCUT2D eigenvalue weighted by Crippen LogP contribution is 2.04. The van der Waals surface area contributed by atoms with E-state index >= 15 is 0 Å². The zero-order valence-corrected chi connectivity index (χ0v) is 16.8. The lowest BCUT2D eigenvalue weighted by Gasteiger charge is -2.16. The average molecular weight is 408 g/mol. The van der Waals surface area contributed by atoms with Gasteiger partial charge in [0, 0.05) is 19.4 Å². The smallest absolute Gasteiger partial charge is 0.408 e. The molecule has 1 rings (SSSR count). The minimum absolute atomic E-state index is 0.00185. The normalized spacial score (nSPS) is 11.1. The van der Waals surface area contributed by atoms with Crippen molar-refractivity contribution >= 4 is 23.9 Å². The molecule has 1 aromatic rings. The molecule has 1 aromatic carbocycles. The molecule has 9 heteroatoms. The SMILES string of the molecule is CCOC(=O)CCCNC(=O)CC[C@H](NC(=O)OCc1ccccc1)C(=O)OC. The summed E-state index contributed by atoms with van der Waals surface area (Å²) in [6, 6.07) is 8.08. The Morgan fingerprint density at radius 3 is 2.41 bits per heavy atom. The molecule has 0 unspecified atom stereocenters. The number of ether oxygens (including phenoxy) is 3. The van der Waals surface area contributed by atoms with Crippen molar-refractivity contribution in [2.24, 2.45) is 0 Å². The summed E-state index contributed by atoms with van der Waals surface area (Å²) in [4.78, 5) is 46.9. The van der Waals surface area contributed by atoms with Crippen molar-refractivity contribution in [3.05, 3.63) is 35.9 Å². The Kier molecular flexibility index (Phi) is 11.5. The number of nitrogens with one attached hydrogen (secondary N) is 2. The highest BCUT2D eigenvalue weighted by Gasteiger charge is 2.23. The quantitative estimate of drug-likeness (QED) is 0.307. The van der Waals surface area contributed by atoms with E-state index < -0.39 is 18.1 Å². The second-order valence-electron chi connectivity index (χ2n) is 6.08. The van der Waals surface area contributed by atoms with Gasteiger partial charge in [-0.15, -0.1) is 0 Å². The monoisotopic (exact) mass is 408 g/mol. The Bertz CT molecular complexity index is 664. The van der Waals surface area contributed by atoms with Crippen molar-refractivity contribution in [3.63, 3.8) is 0 Å². The lowest BCUT2D eigenvalue weighted by Crippen LogP contribution is -2.42. The zero-order valence-electron chi connectivity index (χ0n) is 16.8. The molecular formula is C20H28N2O7. The van der Waals surface area contributed by atoms with Gasteiger partial charge in [-0.2, -0.15) is 0 Å². The van der Waals surface area contributed by atoms with E-state index in [-0.39, 0.29) is 37.7 Å². The predicted molar refractivity (Wildman–Crippen MR) is 104 cm³/mol. The van der Waals surface area contributed by atoms with Crippen LogP contribution >= 0.6 is 0 Å². The van der Waals surface area contributed by atoms with Gasteiger partial charge in [0.25, 0.3) is 0 Å². The van der Waals surface area contributed by atoms with Crippen LogP contribution in [0.1, 0.15) is 38.2 Å². The minimum Gasteiger partial charge on any atom is -0.467 e. The first-order chi connectivity index (χ1) is 14.0. The summed E-state index contributed by atoms with van der Waals surface area (Å²) in [6.07, 6.45) is -0.0586. The molecule has 2 amide bonds. The second kappa shape index (κ2) is 14.0. The van der Waals surface area contributed by atoms with Crippen LogP contribution in [0.3, 0.4) is 0 Å². The molecule has 29 heavy (non-hydrogen) atoms. The van der Waals surface area contributed by atoms with E-state index in [1.54, 1.807) is 19.1 Å². The van der Waals surface area contributed by atoms with Crippen molar-refractivity contribution < 1.29 is 33.4 Å². The number of hydrogen-bond donors (Lipinski definition) is 2. The summed E-state index contributed by atoms with van der Waals surface area (Å²) in [7, 11) is 1.20. The van der Waals surface area contributed by atoms with Gasteiger partial charge < -0.3 is 24.8 Å². The molecule has 1 atom stereocenters. The van der Waals surface area contributed by atoms with Gasteiger partial charge >= 0.3 is 18.0 Å². The van der Waals surface area contributed by atoms with E-state index in [0.29, 0.717) is 19.6 Å². The molecule has 0 aliphatic rings. The van der Waals surface area contributed by atoms with Gasteiger partial charge in [0.05, 0.1) is 13.7 Å². The number of rotatable bonds is 12. The van der Waals surface area contributed by atoms with Crippen LogP contribution in [0.4, 0.5) is 4.79 Å². The molecular weight excluding hydrogens is 380 g/mol. The number of benzene rings is 1. The van der Waals surface area contributed by atoms with Gasteiger partial charge in [0.1, 0.15) is 12.6 Å². The first-order valence-electron chi connectivity index (χ1n) is 9.43. The number of hydrogen-bond acceptors (Lipinski definition) is 7. The number of methoxy groups -OCH3 is 1. The van der Waals surface area contributed by atoms with Crippen molar-refractivity contribution in [2.45, 2.75) is 45.3 Å². The molecule has 9 nitrogen and oxygen atoms in total. The summed E-state index contributed by atoms with van der Waals surface area (Å²) in [5.74, 6) is -1.29. The number of esters is 2. The van der Waals surface area contributed by atoms with Crippen LogP contribution in [-0.2, 0) is 35.2 Å². The van der Waals surface area contributed by atoms with Crippen molar-refractivity contribution in [2.75, 3.05) is 20.3 Å². The molecule has 0 heterocycles. The average Bonchev–Trinajstić information content (AvgIpc) is 2.73. The molecule has 0 bridgehead atoms. The fourth-order valence-corrected chi connectivity index (χ4v) is 2.36. The van der Waals surface area contributed by atoms with E-state index in [4.69, 9.17) is 9.47 Å². The lowest BCUT2D eigenvalue weighted by atomic mass is 10.1. The van der Waals surface area contributed by atoms with Gasteiger partial charge in [-0.3, -0.25) is 9.59 Å². The van der Waals surface area contributed by atoms with E-state index in [0.717, 1.165) is 5.56 Å². The first kappa shape index (κ1) is 23.9. The van der Waals surface area contributed by atoms with Crippen LogP contribution in [-0.4, -0.2) is 50.2 Å². The summed E-state index contributed by atoms with van der Waals surface area (Å²) >= 11 is 0. The van der Waals surface area contributed by atoms with E-state index in [9.17, 15) is 19.2 Å². The molecule has 0 fully saturated rings. The van der Waals surface area contributed by atoms with E-state index in [1.165, 1.54) is 7.11 Å². The number of alkyl carbamates (subject to hydrolysis) is 1. The fraction of sp³-hybridized carbons (Fsp3) is 0.500. The predicted octanol–water partition coefficient (Wildman–Crippen LogP) is 1.69. The summed E-state index contributed by atoms with van der Waals surface area (Å²) in [5, 5.41) is 5.06. The highest BCUT2D eigenvalue weighted by molar-refractivity contribution is 5.82. The Balaban J connectivity index is 2.34. The third-order valence-corrected chi connectivity index (χ3v) is 3.84. The molecule has 0 aliphatic carbocycles.